The Morgan fingerprint density at radius 3 is 3.09 bits per heavy atom. The summed E-state index contributed by atoms with van der Waals surface area (Å²) in [5.41, 5.74) is -1.13. The molecule has 0 unspecified atom stereocenters. The van der Waals surface area contributed by atoms with E-state index < -0.39 is 5.60 Å². The summed E-state index contributed by atoms with van der Waals surface area (Å²) in [5, 5.41) is 16.8. The summed E-state index contributed by atoms with van der Waals surface area (Å²) in [6.07, 6.45) is 5.35. The summed E-state index contributed by atoms with van der Waals surface area (Å²) in [7, 11) is 0. The van der Waals surface area contributed by atoms with E-state index in [-0.39, 0.29) is 12.6 Å². The maximum atomic E-state index is 10.4. The molecule has 1 fully saturated rings. The van der Waals surface area contributed by atoms with Crippen molar-refractivity contribution >= 4 is 11.8 Å². The molecular formula is C16H22N4O3. The first kappa shape index (κ1) is 15.8. The topological polar surface area (TPSA) is 92.4 Å². The highest BCUT2D eigenvalue weighted by molar-refractivity contribution is 5.40. The maximum Gasteiger partial charge on any atom is 0.224 e. The van der Waals surface area contributed by atoms with E-state index in [9.17, 15) is 5.11 Å². The van der Waals surface area contributed by atoms with Crippen LogP contribution in [0.25, 0.3) is 0 Å². The first-order valence-electron chi connectivity index (χ1n) is 7.81. The predicted octanol–water partition coefficient (Wildman–Crippen LogP) is 1.98. The second-order valence-corrected chi connectivity index (χ2v) is 5.93. The van der Waals surface area contributed by atoms with Gasteiger partial charge in [-0.25, -0.2) is 4.98 Å². The molecule has 1 saturated heterocycles. The standard InChI is InChI=1S/C16H22N4O3/c1-16(21,13-5-3-9-23-13)11-18-15-17-7-6-14(20-15)19-12-4-2-8-22-10-12/h3,5-7,9,12,21H,2,4,8,10-11H2,1H3,(H2,17,18,19,20)/t12-,16+/m0/s1. The van der Waals surface area contributed by atoms with Gasteiger partial charge in [-0.15, -0.1) is 0 Å². The summed E-state index contributed by atoms with van der Waals surface area (Å²) in [5.74, 6) is 1.70. The molecule has 2 aromatic heterocycles. The molecule has 0 bridgehead atoms. The van der Waals surface area contributed by atoms with Gasteiger partial charge in [0, 0.05) is 12.8 Å². The van der Waals surface area contributed by atoms with Crippen molar-refractivity contribution in [2.75, 3.05) is 30.4 Å². The molecule has 124 valence electrons. The van der Waals surface area contributed by atoms with Crippen LogP contribution in [0, 0.1) is 0 Å². The quantitative estimate of drug-likeness (QED) is 0.750. The van der Waals surface area contributed by atoms with Crippen LogP contribution in [0.4, 0.5) is 11.8 Å². The number of furan rings is 1. The fourth-order valence-corrected chi connectivity index (χ4v) is 2.51. The van der Waals surface area contributed by atoms with Crippen LogP contribution in [0.3, 0.4) is 0 Å². The molecule has 3 rings (SSSR count). The van der Waals surface area contributed by atoms with E-state index in [0.29, 0.717) is 18.3 Å². The molecule has 0 spiro atoms. The Bertz CT molecular complexity index is 610. The highest BCUT2D eigenvalue weighted by Crippen LogP contribution is 2.21. The van der Waals surface area contributed by atoms with E-state index in [1.54, 1.807) is 25.3 Å². The third-order valence-electron chi connectivity index (χ3n) is 3.81. The number of aliphatic hydroxyl groups is 1. The lowest BCUT2D eigenvalue weighted by molar-refractivity contribution is 0.0475. The Labute approximate surface area is 135 Å². The second kappa shape index (κ2) is 6.97. The van der Waals surface area contributed by atoms with Gasteiger partial charge in [0.05, 0.1) is 25.5 Å². The van der Waals surface area contributed by atoms with Crippen molar-refractivity contribution in [3.63, 3.8) is 0 Å². The molecule has 3 heterocycles. The summed E-state index contributed by atoms with van der Waals surface area (Å²) in [6, 6.07) is 5.59. The van der Waals surface area contributed by atoms with Crippen molar-refractivity contribution in [3.05, 3.63) is 36.4 Å². The van der Waals surface area contributed by atoms with Crippen LogP contribution >= 0.6 is 0 Å². The Morgan fingerprint density at radius 2 is 2.35 bits per heavy atom. The van der Waals surface area contributed by atoms with E-state index in [1.165, 1.54) is 6.26 Å². The molecule has 3 N–H and O–H groups in total. The molecule has 2 aromatic rings. The minimum atomic E-state index is -1.13. The molecule has 0 aliphatic carbocycles. The molecule has 0 aromatic carbocycles. The van der Waals surface area contributed by atoms with E-state index in [2.05, 4.69) is 20.6 Å². The average Bonchev–Trinajstić information content (AvgIpc) is 3.10. The summed E-state index contributed by atoms with van der Waals surface area (Å²) in [4.78, 5) is 8.60. The minimum absolute atomic E-state index is 0.247. The molecule has 0 radical (unpaired) electrons. The number of nitrogens with one attached hydrogen (secondary N) is 2. The van der Waals surface area contributed by atoms with Gasteiger partial charge in [-0.3, -0.25) is 0 Å². The lowest BCUT2D eigenvalue weighted by Crippen LogP contribution is -2.31. The van der Waals surface area contributed by atoms with Crippen molar-refractivity contribution in [1.82, 2.24) is 9.97 Å². The Hall–Kier alpha value is -2.12. The number of anilines is 2. The minimum Gasteiger partial charge on any atom is -0.466 e. The SMILES string of the molecule is C[C@@](O)(CNc1nccc(N[C@H]2CCCOC2)n1)c1ccco1. The van der Waals surface area contributed by atoms with Crippen molar-refractivity contribution in [2.24, 2.45) is 0 Å². The molecule has 1 aliphatic heterocycles. The van der Waals surface area contributed by atoms with Gasteiger partial charge < -0.3 is 24.9 Å². The van der Waals surface area contributed by atoms with Crippen LogP contribution in [0.2, 0.25) is 0 Å². The predicted molar refractivity (Wildman–Crippen MR) is 86.3 cm³/mol. The van der Waals surface area contributed by atoms with Crippen LogP contribution in [0.15, 0.2) is 35.1 Å². The first-order chi connectivity index (χ1) is 11.1. The zero-order valence-electron chi connectivity index (χ0n) is 13.2. The molecule has 0 amide bonds. The number of rotatable bonds is 6. The first-order valence-corrected chi connectivity index (χ1v) is 7.81. The lowest BCUT2D eigenvalue weighted by atomic mass is 10.0. The molecule has 7 nitrogen and oxygen atoms in total. The van der Waals surface area contributed by atoms with Crippen LogP contribution in [0.5, 0.6) is 0 Å². The zero-order valence-corrected chi connectivity index (χ0v) is 13.2. The van der Waals surface area contributed by atoms with Crippen LogP contribution < -0.4 is 10.6 Å². The maximum absolute atomic E-state index is 10.4. The molecule has 1 aliphatic rings. The molecular weight excluding hydrogens is 296 g/mol. The van der Waals surface area contributed by atoms with E-state index in [4.69, 9.17) is 9.15 Å². The van der Waals surface area contributed by atoms with Crippen molar-refractivity contribution in [3.8, 4) is 0 Å². The van der Waals surface area contributed by atoms with Gasteiger partial charge in [0.15, 0.2) is 0 Å². The van der Waals surface area contributed by atoms with Gasteiger partial charge in [0.1, 0.15) is 17.2 Å². The summed E-state index contributed by atoms with van der Waals surface area (Å²) >= 11 is 0. The highest BCUT2D eigenvalue weighted by atomic mass is 16.5. The number of hydrogen-bond donors (Lipinski definition) is 3. The van der Waals surface area contributed by atoms with Gasteiger partial charge in [-0.05, 0) is 38.0 Å². The van der Waals surface area contributed by atoms with Crippen molar-refractivity contribution in [2.45, 2.75) is 31.4 Å². The molecule has 23 heavy (non-hydrogen) atoms. The Morgan fingerprint density at radius 1 is 1.43 bits per heavy atom. The Balaban J connectivity index is 1.59. The molecule has 0 saturated carbocycles. The van der Waals surface area contributed by atoms with Gasteiger partial charge in [0.25, 0.3) is 0 Å². The number of ether oxygens (including phenoxy) is 1. The average molecular weight is 318 g/mol. The second-order valence-electron chi connectivity index (χ2n) is 5.93. The zero-order chi connectivity index (χ0) is 16.1. The summed E-state index contributed by atoms with van der Waals surface area (Å²) in [6.45, 7) is 3.45. The van der Waals surface area contributed by atoms with Crippen molar-refractivity contribution in [1.29, 1.82) is 0 Å². The van der Waals surface area contributed by atoms with Crippen LogP contribution in [-0.2, 0) is 10.3 Å². The normalized spacial score (nSPS) is 20.7. The highest BCUT2D eigenvalue weighted by Gasteiger charge is 2.26. The monoisotopic (exact) mass is 318 g/mol. The smallest absolute Gasteiger partial charge is 0.224 e. The Kier molecular flexibility index (Phi) is 4.78. The largest absolute Gasteiger partial charge is 0.466 e. The van der Waals surface area contributed by atoms with Crippen LogP contribution in [-0.4, -0.2) is 40.9 Å². The van der Waals surface area contributed by atoms with E-state index in [0.717, 1.165) is 25.3 Å². The number of hydrogen-bond acceptors (Lipinski definition) is 7. The van der Waals surface area contributed by atoms with Crippen LogP contribution in [0.1, 0.15) is 25.5 Å². The van der Waals surface area contributed by atoms with Gasteiger partial charge in [-0.2, -0.15) is 4.98 Å². The molecule has 2 atom stereocenters. The van der Waals surface area contributed by atoms with E-state index >= 15 is 0 Å². The fourth-order valence-electron chi connectivity index (χ4n) is 2.51. The number of aromatic nitrogens is 2. The molecule has 7 heteroatoms. The number of nitrogens with zero attached hydrogens (tertiary/aromatic N) is 2. The van der Waals surface area contributed by atoms with Gasteiger partial charge >= 0.3 is 0 Å². The van der Waals surface area contributed by atoms with Gasteiger partial charge in [-0.1, -0.05) is 0 Å². The fraction of sp³-hybridized carbons (Fsp3) is 0.500. The van der Waals surface area contributed by atoms with Gasteiger partial charge in [0.2, 0.25) is 5.95 Å². The third-order valence-corrected chi connectivity index (χ3v) is 3.81. The van der Waals surface area contributed by atoms with Crippen molar-refractivity contribution < 1.29 is 14.3 Å². The lowest BCUT2D eigenvalue weighted by Gasteiger charge is -2.24. The summed E-state index contributed by atoms with van der Waals surface area (Å²) < 4.78 is 10.7. The van der Waals surface area contributed by atoms with E-state index in [1.807, 2.05) is 6.07 Å². The third kappa shape index (κ3) is 4.20.